The van der Waals surface area contributed by atoms with Crippen molar-refractivity contribution < 1.29 is 38.2 Å². The number of ether oxygens (including phenoxy) is 2. The normalized spacial score (nSPS) is 11.7. The number of phenolic OH excluding ortho intramolecular Hbond substituents is 1. The fraction of sp³-hybridized carbons (Fsp3) is 0.227. The molecule has 2 N–H and O–H groups in total. The average molecular weight is 429 g/mol. The zero-order valence-electron chi connectivity index (χ0n) is 16.8. The van der Waals surface area contributed by atoms with Crippen molar-refractivity contribution in [2.45, 2.75) is 25.9 Å². The van der Waals surface area contributed by atoms with Gasteiger partial charge in [-0.25, -0.2) is 14.0 Å². The summed E-state index contributed by atoms with van der Waals surface area (Å²) in [5.74, 6) is -2.54. The lowest BCUT2D eigenvalue weighted by atomic mass is 10.00. The van der Waals surface area contributed by atoms with E-state index in [1.54, 1.807) is 6.92 Å². The van der Waals surface area contributed by atoms with E-state index >= 15 is 0 Å². The van der Waals surface area contributed by atoms with E-state index in [9.17, 15) is 24.2 Å². The van der Waals surface area contributed by atoms with Gasteiger partial charge in [0.05, 0.1) is 18.8 Å². The molecule has 2 aromatic carbocycles. The maximum Gasteiger partial charge on any atom is 0.358 e. The number of carbonyl (C=O) groups is 2. The van der Waals surface area contributed by atoms with E-state index in [4.69, 9.17) is 9.26 Å². The Labute approximate surface area is 176 Å². The summed E-state index contributed by atoms with van der Waals surface area (Å²) in [6.45, 7) is 1.75. The molecular weight excluding hydrogens is 409 g/mol. The van der Waals surface area contributed by atoms with E-state index in [1.165, 1.54) is 49.8 Å². The molecule has 8 nitrogen and oxygen atoms in total. The number of aromatic hydroxyl groups is 1. The first-order valence-corrected chi connectivity index (χ1v) is 9.35. The molecule has 3 rings (SSSR count). The number of hydrogen-bond donors (Lipinski definition) is 2. The minimum atomic E-state index is -1.25. The summed E-state index contributed by atoms with van der Waals surface area (Å²) in [6, 6.07) is 8.65. The van der Waals surface area contributed by atoms with Crippen LogP contribution in [0.25, 0.3) is 11.1 Å². The van der Waals surface area contributed by atoms with Crippen LogP contribution in [-0.2, 0) is 11.2 Å². The molecule has 162 valence electrons. The van der Waals surface area contributed by atoms with Gasteiger partial charge in [-0.05, 0) is 55.2 Å². The van der Waals surface area contributed by atoms with Crippen molar-refractivity contribution in [3.63, 3.8) is 0 Å². The molecule has 0 aliphatic heterocycles. The van der Waals surface area contributed by atoms with Crippen molar-refractivity contribution >= 4 is 11.9 Å². The van der Waals surface area contributed by atoms with E-state index in [2.05, 4.69) is 9.89 Å². The van der Waals surface area contributed by atoms with Crippen molar-refractivity contribution in [2.24, 2.45) is 0 Å². The van der Waals surface area contributed by atoms with Gasteiger partial charge in [0.2, 0.25) is 0 Å². The second-order valence-electron chi connectivity index (χ2n) is 6.80. The molecule has 0 amide bonds. The summed E-state index contributed by atoms with van der Waals surface area (Å²) in [4.78, 5) is 23.2. The van der Waals surface area contributed by atoms with Gasteiger partial charge >= 0.3 is 11.9 Å². The van der Waals surface area contributed by atoms with E-state index in [1.807, 2.05) is 0 Å². The number of methoxy groups -OCH3 is 1. The highest BCUT2D eigenvalue weighted by atomic mass is 19.1. The van der Waals surface area contributed by atoms with Crippen LogP contribution >= 0.6 is 0 Å². The molecule has 0 saturated carbocycles. The number of rotatable bonds is 8. The lowest BCUT2D eigenvalue weighted by Crippen LogP contribution is -2.16. The average Bonchev–Trinajstić information content (AvgIpc) is 3.23. The number of carbonyl (C=O) groups excluding carboxylic acids is 1. The molecule has 0 aliphatic rings. The zero-order chi connectivity index (χ0) is 22.5. The van der Waals surface area contributed by atoms with Crippen LogP contribution in [0.4, 0.5) is 4.39 Å². The lowest BCUT2D eigenvalue weighted by Gasteiger charge is -2.17. The SMILES string of the molecule is COC(=O)c1c(O)cccc1OC(C)CCc1cc(-c2conc2C(=O)O)ccc1F. The Kier molecular flexibility index (Phi) is 6.54. The number of esters is 1. The van der Waals surface area contributed by atoms with E-state index in [0.29, 0.717) is 17.5 Å². The molecule has 1 heterocycles. The summed E-state index contributed by atoms with van der Waals surface area (Å²) in [7, 11) is 1.20. The molecule has 1 aromatic heterocycles. The minimum Gasteiger partial charge on any atom is -0.507 e. The topological polar surface area (TPSA) is 119 Å². The minimum absolute atomic E-state index is 0.0846. The van der Waals surface area contributed by atoms with Crippen LogP contribution in [0.1, 0.15) is 39.8 Å². The van der Waals surface area contributed by atoms with Gasteiger partial charge in [-0.1, -0.05) is 17.3 Å². The molecule has 1 unspecified atom stereocenters. The molecule has 0 spiro atoms. The smallest absolute Gasteiger partial charge is 0.358 e. The molecule has 0 saturated heterocycles. The second-order valence-corrected chi connectivity index (χ2v) is 6.80. The first kappa shape index (κ1) is 21.8. The molecule has 0 fully saturated rings. The van der Waals surface area contributed by atoms with E-state index < -0.39 is 23.9 Å². The molecule has 31 heavy (non-hydrogen) atoms. The fourth-order valence-electron chi connectivity index (χ4n) is 3.09. The van der Waals surface area contributed by atoms with Gasteiger partial charge in [0, 0.05) is 0 Å². The van der Waals surface area contributed by atoms with Crippen LogP contribution in [0, 0.1) is 5.82 Å². The van der Waals surface area contributed by atoms with Gasteiger partial charge in [0.25, 0.3) is 0 Å². The standard InChI is InChI=1S/C22H20FNO7/c1-12(31-18-5-3-4-17(25)19(18)22(28)29-2)6-7-14-10-13(8-9-16(14)23)15-11-30-24-20(15)21(26)27/h3-5,8-12,25H,6-7H2,1-2H3,(H,26,27). The quantitative estimate of drug-likeness (QED) is 0.514. The van der Waals surface area contributed by atoms with Crippen molar-refractivity contribution in [1.82, 2.24) is 5.16 Å². The van der Waals surface area contributed by atoms with E-state index in [0.717, 1.165) is 0 Å². The molecule has 3 aromatic rings. The van der Waals surface area contributed by atoms with Gasteiger partial charge < -0.3 is 24.2 Å². The summed E-state index contributed by atoms with van der Waals surface area (Å²) < 4.78 is 29.5. The second kappa shape index (κ2) is 9.29. The van der Waals surface area contributed by atoms with Crippen LogP contribution in [0.15, 0.2) is 47.2 Å². The lowest BCUT2D eigenvalue weighted by molar-refractivity contribution is 0.0588. The highest BCUT2D eigenvalue weighted by Gasteiger charge is 2.21. The molecule has 1 atom stereocenters. The maximum atomic E-state index is 14.3. The number of hydrogen-bond acceptors (Lipinski definition) is 7. The monoisotopic (exact) mass is 429 g/mol. The number of aryl methyl sites for hydroxylation is 1. The number of carboxylic acid groups (broad SMARTS) is 1. The zero-order valence-corrected chi connectivity index (χ0v) is 16.8. The molecular formula is C22H20FNO7. The number of nitrogens with zero attached hydrogens (tertiary/aromatic N) is 1. The number of benzene rings is 2. The summed E-state index contributed by atoms with van der Waals surface area (Å²) >= 11 is 0. The predicted molar refractivity (Wildman–Crippen MR) is 107 cm³/mol. The van der Waals surface area contributed by atoms with Gasteiger partial charge in [-0.3, -0.25) is 0 Å². The van der Waals surface area contributed by atoms with Gasteiger partial charge in [0.15, 0.2) is 5.69 Å². The number of aromatic nitrogens is 1. The van der Waals surface area contributed by atoms with Crippen molar-refractivity contribution in [3.8, 4) is 22.6 Å². The van der Waals surface area contributed by atoms with Crippen molar-refractivity contribution in [1.29, 1.82) is 0 Å². The Morgan fingerprint density at radius 2 is 2.03 bits per heavy atom. The maximum absolute atomic E-state index is 14.3. The molecule has 0 bridgehead atoms. The number of aromatic carboxylic acids is 1. The van der Waals surface area contributed by atoms with Crippen molar-refractivity contribution in [3.05, 3.63) is 65.3 Å². The van der Waals surface area contributed by atoms with Crippen LogP contribution in [0.5, 0.6) is 11.5 Å². The third-order valence-corrected chi connectivity index (χ3v) is 4.67. The molecule has 9 heteroatoms. The van der Waals surface area contributed by atoms with Gasteiger partial charge in [0.1, 0.15) is 29.1 Å². The highest BCUT2D eigenvalue weighted by Crippen LogP contribution is 2.30. The predicted octanol–water partition coefficient (Wildman–Crippen LogP) is 4.07. The van der Waals surface area contributed by atoms with Crippen molar-refractivity contribution in [2.75, 3.05) is 7.11 Å². The summed E-state index contributed by atoms with van der Waals surface area (Å²) in [5, 5.41) is 22.6. The number of carboxylic acids is 1. The number of phenols is 1. The van der Waals surface area contributed by atoms with Gasteiger partial charge in [-0.2, -0.15) is 0 Å². The molecule has 0 radical (unpaired) electrons. The van der Waals surface area contributed by atoms with Gasteiger partial charge in [-0.15, -0.1) is 0 Å². The third-order valence-electron chi connectivity index (χ3n) is 4.67. The van der Waals surface area contributed by atoms with Crippen LogP contribution < -0.4 is 4.74 Å². The Balaban J connectivity index is 1.75. The van der Waals surface area contributed by atoms with Crippen LogP contribution in [-0.4, -0.2) is 40.5 Å². The molecule has 0 aliphatic carbocycles. The van der Waals surface area contributed by atoms with Crippen LogP contribution in [0.3, 0.4) is 0 Å². The number of halogens is 1. The highest BCUT2D eigenvalue weighted by molar-refractivity contribution is 5.95. The van der Waals surface area contributed by atoms with Crippen LogP contribution in [0.2, 0.25) is 0 Å². The summed E-state index contributed by atoms with van der Waals surface area (Å²) in [5.41, 5.74) is 0.729. The Bertz CT molecular complexity index is 1110. The third kappa shape index (κ3) is 4.82. The van der Waals surface area contributed by atoms with E-state index in [-0.39, 0.29) is 34.7 Å². The first-order valence-electron chi connectivity index (χ1n) is 9.35. The first-order chi connectivity index (χ1) is 14.8. The Hall–Kier alpha value is -3.88. The fourth-order valence-corrected chi connectivity index (χ4v) is 3.09. The largest absolute Gasteiger partial charge is 0.507 e. The Morgan fingerprint density at radius 3 is 2.74 bits per heavy atom. The Morgan fingerprint density at radius 1 is 1.26 bits per heavy atom. The summed E-state index contributed by atoms with van der Waals surface area (Å²) in [6.07, 6.45) is 1.42.